The predicted octanol–water partition coefficient (Wildman–Crippen LogP) is 5.45. The number of hydrogen-bond donors (Lipinski definition) is 1. The Labute approximate surface area is 200 Å². The monoisotopic (exact) mass is 465 g/mol. The zero-order valence-corrected chi connectivity index (χ0v) is 18.9. The maximum atomic E-state index is 13.2. The van der Waals surface area contributed by atoms with Crippen LogP contribution in [0.5, 0.6) is 0 Å². The number of anilines is 1. The molecule has 0 saturated heterocycles. The average Bonchev–Trinajstić information content (AvgIpc) is 3.48. The van der Waals surface area contributed by atoms with Gasteiger partial charge in [0.25, 0.3) is 5.91 Å². The fourth-order valence-corrected chi connectivity index (χ4v) is 4.88. The van der Waals surface area contributed by atoms with Gasteiger partial charge in [-0.05, 0) is 53.1 Å². The van der Waals surface area contributed by atoms with Crippen LogP contribution in [0.1, 0.15) is 39.2 Å². The van der Waals surface area contributed by atoms with E-state index >= 15 is 0 Å². The molecule has 4 aromatic rings. The van der Waals surface area contributed by atoms with Crippen molar-refractivity contribution in [2.24, 2.45) is 0 Å². The average molecular weight is 466 g/mol. The van der Waals surface area contributed by atoms with E-state index in [0.29, 0.717) is 33.5 Å². The first kappa shape index (κ1) is 21.6. The number of carbonyl (C=O) groups is 2. The van der Waals surface area contributed by atoms with Gasteiger partial charge >= 0.3 is 5.97 Å². The summed E-state index contributed by atoms with van der Waals surface area (Å²) in [6.45, 7) is -0.445. The van der Waals surface area contributed by atoms with E-state index in [2.05, 4.69) is 11.4 Å². The summed E-state index contributed by atoms with van der Waals surface area (Å²) < 4.78 is 5.42. The summed E-state index contributed by atoms with van der Waals surface area (Å²) >= 11 is 1.24. The van der Waals surface area contributed by atoms with Crippen LogP contribution in [0.2, 0.25) is 0 Å². The first-order valence-corrected chi connectivity index (χ1v) is 11.6. The highest BCUT2D eigenvalue weighted by Gasteiger charge is 2.28. The molecule has 1 aliphatic rings. The normalized spacial score (nSPS) is 13.4. The Morgan fingerprint density at radius 2 is 1.88 bits per heavy atom. The van der Waals surface area contributed by atoms with Gasteiger partial charge in [0.15, 0.2) is 6.61 Å². The number of thiophene rings is 1. The summed E-state index contributed by atoms with van der Waals surface area (Å²) in [6, 6.07) is 21.1. The zero-order valence-electron chi connectivity index (χ0n) is 18.1. The van der Waals surface area contributed by atoms with Crippen molar-refractivity contribution in [3.63, 3.8) is 0 Å². The Balaban J connectivity index is 1.44. The topological polar surface area (TPSA) is 92.1 Å². The Morgan fingerprint density at radius 3 is 2.71 bits per heavy atom. The summed E-state index contributed by atoms with van der Waals surface area (Å²) in [5, 5.41) is 14.6. The standard InChI is InChI=1S/C27H19N3O3S/c28-15-19-12-13-34-26(19)30-23(31)16-33-27(32)24-20-8-4-5-9-22(20)29-25-18(10-11-21(24)25)14-17-6-2-1-3-7-17/h1-9,12-14H,10-11,16H2,(H,30,31). The molecule has 7 heteroatoms. The summed E-state index contributed by atoms with van der Waals surface area (Å²) in [5.74, 6) is -1.05. The van der Waals surface area contributed by atoms with Crippen molar-refractivity contribution in [1.29, 1.82) is 5.26 Å². The van der Waals surface area contributed by atoms with Crippen molar-refractivity contribution in [2.75, 3.05) is 11.9 Å². The molecule has 166 valence electrons. The van der Waals surface area contributed by atoms with E-state index in [4.69, 9.17) is 15.0 Å². The molecule has 0 spiro atoms. The lowest BCUT2D eigenvalue weighted by Gasteiger charge is -2.12. The number of para-hydroxylation sites is 1. The lowest BCUT2D eigenvalue weighted by Crippen LogP contribution is -2.21. The molecule has 34 heavy (non-hydrogen) atoms. The van der Waals surface area contributed by atoms with Gasteiger partial charge in [-0.25, -0.2) is 9.78 Å². The molecule has 0 fully saturated rings. The lowest BCUT2D eigenvalue weighted by molar-refractivity contribution is -0.119. The van der Waals surface area contributed by atoms with Gasteiger partial charge in [0.2, 0.25) is 0 Å². The van der Waals surface area contributed by atoms with E-state index in [-0.39, 0.29) is 0 Å². The van der Waals surface area contributed by atoms with Crippen LogP contribution in [0.3, 0.4) is 0 Å². The number of aromatic nitrogens is 1. The van der Waals surface area contributed by atoms with E-state index in [9.17, 15) is 9.59 Å². The number of ether oxygens (including phenoxy) is 1. The molecule has 5 rings (SSSR count). The van der Waals surface area contributed by atoms with E-state index in [0.717, 1.165) is 28.8 Å². The van der Waals surface area contributed by atoms with E-state index in [1.807, 2.05) is 60.7 Å². The fourth-order valence-electron chi connectivity index (χ4n) is 4.12. The van der Waals surface area contributed by atoms with Crippen molar-refractivity contribution in [3.8, 4) is 6.07 Å². The molecule has 0 radical (unpaired) electrons. The van der Waals surface area contributed by atoms with Gasteiger partial charge in [-0.1, -0.05) is 48.5 Å². The first-order chi connectivity index (χ1) is 16.6. The number of amides is 1. The van der Waals surface area contributed by atoms with Crippen molar-refractivity contribution < 1.29 is 14.3 Å². The molecule has 6 nitrogen and oxygen atoms in total. The molecule has 0 bridgehead atoms. The molecule has 2 aromatic carbocycles. The molecule has 1 amide bonds. The maximum absolute atomic E-state index is 13.2. The summed E-state index contributed by atoms with van der Waals surface area (Å²) in [4.78, 5) is 30.4. The molecule has 0 unspecified atom stereocenters. The lowest BCUT2D eigenvalue weighted by atomic mass is 10.0. The van der Waals surface area contributed by atoms with E-state index in [1.54, 1.807) is 11.4 Å². The maximum Gasteiger partial charge on any atom is 0.339 e. The molecule has 0 saturated carbocycles. The Hall–Kier alpha value is -4.28. The minimum Gasteiger partial charge on any atom is -0.452 e. The third-order valence-electron chi connectivity index (χ3n) is 5.66. The van der Waals surface area contributed by atoms with Crippen LogP contribution in [0, 0.1) is 11.3 Å². The molecule has 2 aromatic heterocycles. The molecular formula is C27H19N3O3S. The van der Waals surface area contributed by atoms with Gasteiger partial charge in [-0.3, -0.25) is 4.79 Å². The van der Waals surface area contributed by atoms with Gasteiger partial charge in [0, 0.05) is 5.39 Å². The smallest absolute Gasteiger partial charge is 0.339 e. The highest BCUT2D eigenvalue weighted by molar-refractivity contribution is 7.14. The van der Waals surface area contributed by atoms with Crippen LogP contribution in [0.25, 0.3) is 22.6 Å². The van der Waals surface area contributed by atoms with Gasteiger partial charge in [0.05, 0.1) is 22.3 Å². The van der Waals surface area contributed by atoms with Crippen LogP contribution in [-0.2, 0) is 16.0 Å². The van der Waals surface area contributed by atoms with Crippen LogP contribution >= 0.6 is 11.3 Å². The van der Waals surface area contributed by atoms with Crippen molar-refractivity contribution in [1.82, 2.24) is 4.98 Å². The van der Waals surface area contributed by atoms with Crippen molar-refractivity contribution >= 4 is 50.8 Å². The number of allylic oxidation sites excluding steroid dienone is 1. The third-order valence-corrected chi connectivity index (χ3v) is 6.49. The third kappa shape index (κ3) is 4.19. The summed E-state index contributed by atoms with van der Waals surface area (Å²) in [6.07, 6.45) is 3.54. The quantitative estimate of drug-likeness (QED) is 0.396. The Bertz CT molecular complexity index is 1480. The van der Waals surface area contributed by atoms with Crippen molar-refractivity contribution in [3.05, 3.63) is 94.0 Å². The Morgan fingerprint density at radius 1 is 1.09 bits per heavy atom. The highest BCUT2D eigenvalue weighted by Crippen LogP contribution is 2.37. The SMILES string of the molecule is N#Cc1ccsc1NC(=O)COC(=O)c1c2c(nc3ccccc13)C(=Cc1ccccc1)CC2. The zero-order chi connectivity index (χ0) is 23.5. The van der Waals surface area contributed by atoms with Crippen LogP contribution in [-0.4, -0.2) is 23.5 Å². The second-order valence-corrected chi connectivity index (χ2v) is 8.73. The number of rotatable bonds is 5. The number of esters is 1. The number of fused-ring (bicyclic) bond motifs is 2. The number of hydrogen-bond acceptors (Lipinski definition) is 6. The van der Waals surface area contributed by atoms with E-state index in [1.165, 1.54) is 11.3 Å². The van der Waals surface area contributed by atoms with Gasteiger partial charge in [-0.2, -0.15) is 5.26 Å². The number of carbonyl (C=O) groups excluding carboxylic acids is 2. The second-order valence-electron chi connectivity index (χ2n) is 7.81. The minimum absolute atomic E-state index is 0.375. The molecular weight excluding hydrogens is 446 g/mol. The van der Waals surface area contributed by atoms with Crippen LogP contribution < -0.4 is 5.32 Å². The highest BCUT2D eigenvalue weighted by atomic mass is 32.1. The van der Waals surface area contributed by atoms with Crippen molar-refractivity contribution in [2.45, 2.75) is 12.8 Å². The second kappa shape index (κ2) is 9.30. The Kier molecular flexibility index (Phi) is 5.90. The molecule has 2 heterocycles. The minimum atomic E-state index is -0.558. The number of benzene rings is 2. The predicted molar refractivity (Wildman–Crippen MR) is 132 cm³/mol. The number of pyridine rings is 1. The molecule has 0 aliphatic heterocycles. The van der Waals surface area contributed by atoms with Gasteiger partial charge in [-0.15, -0.1) is 11.3 Å². The first-order valence-electron chi connectivity index (χ1n) is 10.8. The van der Waals surface area contributed by atoms with Crippen LogP contribution in [0.15, 0.2) is 66.0 Å². The number of nitrogens with zero attached hydrogens (tertiary/aromatic N) is 2. The van der Waals surface area contributed by atoms with Crippen LogP contribution in [0.4, 0.5) is 5.00 Å². The molecule has 1 N–H and O–H groups in total. The summed E-state index contributed by atoms with van der Waals surface area (Å²) in [7, 11) is 0. The number of nitriles is 1. The van der Waals surface area contributed by atoms with Gasteiger partial charge in [0.1, 0.15) is 11.1 Å². The molecule has 0 atom stereocenters. The largest absolute Gasteiger partial charge is 0.452 e. The van der Waals surface area contributed by atoms with E-state index < -0.39 is 18.5 Å². The van der Waals surface area contributed by atoms with Gasteiger partial charge < -0.3 is 10.1 Å². The number of nitrogens with one attached hydrogen (secondary N) is 1. The fraction of sp³-hybridized carbons (Fsp3) is 0.111. The molecule has 1 aliphatic carbocycles. The summed E-state index contributed by atoms with van der Waals surface area (Å²) in [5.41, 5.74) is 5.33.